The van der Waals surface area contributed by atoms with Gasteiger partial charge < -0.3 is 18.5 Å². The molecule has 0 radical (unpaired) electrons. The van der Waals surface area contributed by atoms with Crippen molar-refractivity contribution in [1.82, 2.24) is 9.88 Å². The number of nitrogens with zero attached hydrogens (tertiary/aromatic N) is 2. The second kappa shape index (κ2) is 7.13. The molecule has 1 aliphatic rings. The molecular formula is C23H20N2O4. The summed E-state index contributed by atoms with van der Waals surface area (Å²) >= 11 is 0. The van der Waals surface area contributed by atoms with Crippen LogP contribution in [0.3, 0.4) is 0 Å². The summed E-state index contributed by atoms with van der Waals surface area (Å²) in [4.78, 5) is 19.3. The van der Waals surface area contributed by atoms with E-state index in [4.69, 9.17) is 18.6 Å². The van der Waals surface area contributed by atoms with E-state index in [0.29, 0.717) is 23.8 Å². The van der Waals surface area contributed by atoms with E-state index < -0.39 is 0 Å². The maximum Gasteiger partial charge on any atom is 0.290 e. The van der Waals surface area contributed by atoms with Crippen molar-refractivity contribution >= 4 is 17.0 Å². The molecule has 2 aromatic heterocycles. The van der Waals surface area contributed by atoms with Crippen LogP contribution in [-0.4, -0.2) is 29.4 Å². The van der Waals surface area contributed by atoms with Gasteiger partial charge in [-0.25, -0.2) is 4.98 Å². The molecule has 1 saturated heterocycles. The highest BCUT2D eigenvalue weighted by atomic mass is 16.5. The molecule has 29 heavy (non-hydrogen) atoms. The van der Waals surface area contributed by atoms with Crippen LogP contribution in [0.15, 0.2) is 69.7 Å². The fourth-order valence-corrected chi connectivity index (χ4v) is 3.88. The van der Waals surface area contributed by atoms with E-state index in [1.165, 1.54) is 6.26 Å². The summed E-state index contributed by atoms with van der Waals surface area (Å²) < 4.78 is 16.6. The molecule has 146 valence electrons. The molecular weight excluding hydrogens is 368 g/mol. The van der Waals surface area contributed by atoms with Crippen LogP contribution < -0.4 is 4.74 Å². The van der Waals surface area contributed by atoms with Crippen molar-refractivity contribution in [3.05, 3.63) is 72.5 Å². The number of fused-ring (bicyclic) bond motifs is 1. The molecule has 5 rings (SSSR count). The van der Waals surface area contributed by atoms with Gasteiger partial charge in [0.05, 0.1) is 13.4 Å². The largest absolute Gasteiger partial charge is 0.497 e. The Labute approximate surface area is 167 Å². The standard InChI is InChI=1S/C23H20N2O4/c1-27-17-6-2-5-15(13-17)16-9-10-20-18(14-16)24-22(29-20)19-7-3-11-25(19)23(26)21-8-4-12-28-21/h2,4-6,8-10,12-14,19H,3,7,11H2,1H3/t19-/m0/s1. The minimum atomic E-state index is -0.180. The van der Waals surface area contributed by atoms with Gasteiger partial charge in [-0.1, -0.05) is 18.2 Å². The average Bonchev–Trinajstić information content (AvgIpc) is 3.52. The molecule has 1 atom stereocenters. The fourth-order valence-electron chi connectivity index (χ4n) is 3.88. The van der Waals surface area contributed by atoms with Crippen LogP contribution in [0, 0.1) is 0 Å². The number of rotatable bonds is 4. The van der Waals surface area contributed by atoms with E-state index in [9.17, 15) is 4.79 Å². The Morgan fingerprint density at radius 2 is 2.03 bits per heavy atom. The van der Waals surface area contributed by atoms with Crippen LogP contribution in [0.2, 0.25) is 0 Å². The molecule has 0 spiro atoms. The summed E-state index contributed by atoms with van der Waals surface area (Å²) in [6.45, 7) is 0.665. The lowest BCUT2D eigenvalue weighted by Crippen LogP contribution is -2.30. The Morgan fingerprint density at radius 1 is 1.14 bits per heavy atom. The van der Waals surface area contributed by atoms with Gasteiger partial charge in [0, 0.05) is 6.54 Å². The number of amides is 1. The molecule has 0 aliphatic carbocycles. The number of carbonyl (C=O) groups excluding carboxylic acids is 1. The zero-order valence-electron chi connectivity index (χ0n) is 16.0. The summed E-state index contributed by atoms with van der Waals surface area (Å²) in [7, 11) is 1.66. The van der Waals surface area contributed by atoms with E-state index in [1.54, 1.807) is 24.1 Å². The molecule has 1 fully saturated rings. The number of furan rings is 1. The number of aromatic nitrogens is 1. The Kier molecular flexibility index (Phi) is 4.31. The van der Waals surface area contributed by atoms with Crippen LogP contribution >= 0.6 is 0 Å². The minimum Gasteiger partial charge on any atom is -0.497 e. The van der Waals surface area contributed by atoms with Gasteiger partial charge in [0.2, 0.25) is 5.89 Å². The van der Waals surface area contributed by atoms with Crippen LogP contribution in [0.4, 0.5) is 0 Å². The van der Waals surface area contributed by atoms with Gasteiger partial charge in [0.1, 0.15) is 17.3 Å². The first kappa shape index (κ1) is 17.6. The number of oxazole rings is 1. The summed E-state index contributed by atoms with van der Waals surface area (Å²) in [6, 6.07) is 17.1. The van der Waals surface area contributed by atoms with Crippen molar-refractivity contribution in [2.45, 2.75) is 18.9 Å². The van der Waals surface area contributed by atoms with Gasteiger partial charge in [-0.3, -0.25) is 4.79 Å². The molecule has 0 unspecified atom stereocenters. The maximum absolute atomic E-state index is 12.8. The van der Waals surface area contributed by atoms with Crippen LogP contribution in [0.1, 0.15) is 35.3 Å². The van der Waals surface area contributed by atoms with Gasteiger partial charge in [0.25, 0.3) is 5.91 Å². The smallest absolute Gasteiger partial charge is 0.290 e. The maximum atomic E-state index is 12.8. The van der Waals surface area contributed by atoms with Gasteiger partial charge in [0.15, 0.2) is 11.3 Å². The number of benzene rings is 2. The molecule has 0 saturated carbocycles. The van der Waals surface area contributed by atoms with Gasteiger partial charge in [-0.15, -0.1) is 0 Å². The molecule has 0 N–H and O–H groups in total. The Hall–Kier alpha value is -3.54. The first-order valence-electron chi connectivity index (χ1n) is 9.62. The lowest BCUT2D eigenvalue weighted by atomic mass is 10.1. The quantitative estimate of drug-likeness (QED) is 0.488. The summed E-state index contributed by atoms with van der Waals surface area (Å²) in [5.41, 5.74) is 3.57. The van der Waals surface area contributed by atoms with Crippen LogP contribution in [0.25, 0.3) is 22.2 Å². The predicted octanol–water partition coefficient (Wildman–Crippen LogP) is 5.07. The highest BCUT2D eigenvalue weighted by molar-refractivity contribution is 5.92. The second-order valence-electron chi connectivity index (χ2n) is 7.10. The Morgan fingerprint density at radius 3 is 2.86 bits per heavy atom. The molecule has 3 heterocycles. The third-order valence-electron chi connectivity index (χ3n) is 5.34. The number of methoxy groups -OCH3 is 1. The summed E-state index contributed by atoms with van der Waals surface area (Å²) in [5.74, 6) is 1.59. The zero-order valence-corrected chi connectivity index (χ0v) is 16.0. The monoisotopic (exact) mass is 388 g/mol. The molecule has 4 aromatic rings. The van der Waals surface area contributed by atoms with Crippen molar-refractivity contribution < 1.29 is 18.4 Å². The van der Waals surface area contributed by atoms with Crippen molar-refractivity contribution in [2.24, 2.45) is 0 Å². The predicted molar refractivity (Wildman–Crippen MR) is 108 cm³/mol. The SMILES string of the molecule is COc1cccc(-c2ccc3oc([C@@H]4CCCN4C(=O)c4ccco4)nc3c2)c1. The fraction of sp³-hybridized carbons (Fsp3) is 0.217. The number of ether oxygens (including phenoxy) is 1. The lowest BCUT2D eigenvalue weighted by molar-refractivity contribution is 0.0684. The normalized spacial score (nSPS) is 16.4. The third-order valence-corrected chi connectivity index (χ3v) is 5.34. The molecule has 1 amide bonds. The second-order valence-corrected chi connectivity index (χ2v) is 7.10. The van der Waals surface area contributed by atoms with Crippen molar-refractivity contribution in [3.63, 3.8) is 0 Å². The van der Waals surface area contributed by atoms with E-state index in [-0.39, 0.29) is 11.9 Å². The lowest BCUT2D eigenvalue weighted by Gasteiger charge is -2.20. The highest BCUT2D eigenvalue weighted by Crippen LogP contribution is 2.35. The minimum absolute atomic E-state index is 0.128. The van der Waals surface area contributed by atoms with Crippen molar-refractivity contribution in [1.29, 1.82) is 0 Å². The van der Waals surface area contributed by atoms with E-state index in [0.717, 1.165) is 35.2 Å². The van der Waals surface area contributed by atoms with Gasteiger partial charge >= 0.3 is 0 Å². The van der Waals surface area contributed by atoms with Gasteiger partial charge in [-0.2, -0.15) is 0 Å². The number of hydrogen-bond acceptors (Lipinski definition) is 5. The van der Waals surface area contributed by atoms with Crippen LogP contribution in [-0.2, 0) is 0 Å². The van der Waals surface area contributed by atoms with E-state index >= 15 is 0 Å². The first-order chi connectivity index (χ1) is 14.2. The van der Waals surface area contributed by atoms with E-state index in [1.807, 2.05) is 42.5 Å². The molecule has 6 nitrogen and oxygen atoms in total. The first-order valence-corrected chi connectivity index (χ1v) is 9.62. The van der Waals surface area contributed by atoms with Gasteiger partial charge in [-0.05, 0) is 60.4 Å². The Balaban J connectivity index is 1.47. The summed E-state index contributed by atoms with van der Waals surface area (Å²) in [5, 5.41) is 0. The number of likely N-dealkylation sites (tertiary alicyclic amines) is 1. The average molecular weight is 388 g/mol. The molecule has 6 heteroatoms. The molecule has 2 aromatic carbocycles. The Bertz CT molecular complexity index is 1160. The van der Waals surface area contributed by atoms with Crippen LogP contribution in [0.5, 0.6) is 5.75 Å². The third kappa shape index (κ3) is 3.16. The van der Waals surface area contributed by atoms with Crippen molar-refractivity contribution in [2.75, 3.05) is 13.7 Å². The molecule has 0 bridgehead atoms. The number of hydrogen-bond donors (Lipinski definition) is 0. The number of carbonyl (C=O) groups is 1. The van der Waals surface area contributed by atoms with Crippen molar-refractivity contribution in [3.8, 4) is 16.9 Å². The topological polar surface area (TPSA) is 68.7 Å². The summed E-state index contributed by atoms with van der Waals surface area (Å²) in [6.07, 6.45) is 3.24. The zero-order chi connectivity index (χ0) is 19.8. The highest BCUT2D eigenvalue weighted by Gasteiger charge is 2.35. The van der Waals surface area contributed by atoms with E-state index in [2.05, 4.69) is 0 Å². The molecule has 1 aliphatic heterocycles.